The highest BCUT2D eigenvalue weighted by Crippen LogP contribution is 2.27. The third-order valence-corrected chi connectivity index (χ3v) is 2.47. The van der Waals surface area contributed by atoms with Crippen LogP contribution in [0.1, 0.15) is 13.3 Å². The van der Waals surface area contributed by atoms with Gasteiger partial charge < -0.3 is 15.8 Å². The number of aromatic nitrogens is 2. The molecule has 0 aliphatic carbocycles. The zero-order valence-corrected chi connectivity index (χ0v) is 10.7. The van der Waals surface area contributed by atoms with E-state index in [2.05, 4.69) is 17.3 Å². The van der Waals surface area contributed by atoms with E-state index < -0.39 is 0 Å². The van der Waals surface area contributed by atoms with Gasteiger partial charge in [0.1, 0.15) is 5.75 Å². The van der Waals surface area contributed by atoms with Gasteiger partial charge in [-0.25, -0.2) is 0 Å². The van der Waals surface area contributed by atoms with E-state index in [1.54, 1.807) is 10.9 Å². The van der Waals surface area contributed by atoms with Gasteiger partial charge in [-0.3, -0.25) is 4.68 Å². The maximum atomic E-state index is 5.86. The summed E-state index contributed by atoms with van der Waals surface area (Å²) in [6.45, 7) is 2.73. The van der Waals surface area contributed by atoms with E-state index in [1.807, 2.05) is 31.4 Å². The van der Waals surface area contributed by atoms with Crippen LogP contribution in [-0.4, -0.2) is 16.4 Å². The fourth-order valence-corrected chi connectivity index (χ4v) is 1.60. The summed E-state index contributed by atoms with van der Waals surface area (Å²) in [5.41, 5.74) is 8.38. The summed E-state index contributed by atoms with van der Waals surface area (Å²) in [4.78, 5) is 0. The molecular weight excluding hydrogens is 228 g/mol. The first-order valence-corrected chi connectivity index (χ1v) is 5.97. The molecule has 0 aliphatic rings. The first-order chi connectivity index (χ1) is 8.69. The fourth-order valence-electron chi connectivity index (χ4n) is 1.60. The van der Waals surface area contributed by atoms with E-state index in [0.29, 0.717) is 18.0 Å². The molecule has 0 radical (unpaired) electrons. The largest absolute Gasteiger partial charge is 0.491 e. The number of hydrogen-bond acceptors (Lipinski definition) is 4. The van der Waals surface area contributed by atoms with Gasteiger partial charge in [-0.15, -0.1) is 0 Å². The lowest BCUT2D eigenvalue weighted by Gasteiger charge is -2.10. The number of hydrogen-bond donors (Lipinski definition) is 2. The fraction of sp³-hybridized carbons (Fsp3) is 0.308. The zero-order chi connectivity index (χ0) is 13.0. The Morgan fingerprint density at radius 2 is 2.22 bits per heavy atom. The van der Waals surface area contributed by atoms with Crippen molar-refractivity contribution in [3.05, 3.63) is 30.6 Å². The number of rotatable bonds is 5. The molecule has 1 aromatic carbocycles. The molecular formula is C13H18N4O. The van der Waals surface area contributed by atoms with Crippen molar-refractivity contribution < 1.29 is 4.74 Å². The second kappa shape index (κ2) is 5.44. The molecule has 96 valence electrons. The normalized spacial score (nSPS) is 10.3. The first-order valence-electron chi connectivity index (χ1n) is 5.97. The monoisotopic (exact) mass is 246 g/mol. The molecule has 0 saturated heterocycles. The van der Waals surface area contributed by atoms with Crippen molar-refractivity contribution in [3.63, 3.8) is 0 Å². The van der Waals surface area contributed by atoms with Gasteiger partial charge in [-0.05, 0) is 18.6 Å². The van der Waals surface area contributed by atoms with Gasteiger partial charge in [-0.1, -0.05) is 6.92 Å². The van der Waals surface area contributed by atoms with Crippen molar-refractivity contribution in [1.82, 2.24) is 9.78 Å². The Balaban J connectivity index is 2.13. The zero-order valence-electron chi connectivity index (χ0n) is 10.7. The van der Waals surface area contributed by atoms with Gasteiger partial charge in [0.05, 0.1) is 24.2 Å². The second-order valence-corrected chi connectivity index (χ2v) is 4.13. The summed E-state index contributed by atoms with van der Waals surface area (Å²) in [6, 6.07) is 5.66. The molecule has 2 rings (SSSR count). The summed E-state index contributed by atoms with van der Waals surface area (Å²) >= 11 is 0. The van der Waals surface area contributed by atoms with Gasteiger partial charge in [-0.2, -0.15) is 5.10 Å². The van der Waals surface area contributed by atoms with Crippen LogP contribution in [0.5, 0.6) is 5.75 Å². The number of nitrogen functional groups attached to an aromatic ring is 1. The summed E-state index contributed by atoms with van der Waals surface area (Å²) in [7, 11) is 1.88. The standard InChI is InChI=1S/C13H18N4O/c1-3-6-18-13-7-10(4-5-12(13)14)16-11-8-15-17(2)9-11/h4-5,7-9,16H,3,6,14H2,1-2H3. The second-order valence-electron chi connectivity index (χ2n) is 4.13. The Bertz CT molecular complexity index is 521. The van der Waals surface area contributed by atoms with E-state index in [0.717, 1.165) is 17.8 Å². The highest BCUT2D eigenvalue weighted by molar-refractivity contribution is 5.66. The molecule has 0 atom stereocenters. The van der Waals surface area contributed by atoms with E-state index in [-0.39, 0.29) is 0 Å². The van der Waals surface area contributed by atoms with Crippen LogP contribution in [-0.2, 0) is 7.05 Å². The molecule has 3 N–H and O–H groups in total. The van der Waals surface area contributed by atoms with E-state index in [4.69, 9.17) is 10.5 Å². The number of anilines is 3. The van der Waals surface area contributed by atoms with Crippen LogP contribution in [0.25, 0.3) is 0 Å². The molecule has 0 fully saturated rings. The molecule has 0 aliphatic heterocycles. The molecule has 0 unspecified atom stereocenters. The van der Waals surface area contributed by atoms with Crippen molar-refractivity contribution >= 4 is 17.1 Å². The molecule has 0 saturated carbocycles. The molecule has 0 bridgehead atoms. The summed E-state index contributed by atoms with van der Waals surface area (Å²) in [5, 5.41) is 7.35. The molecule has 5 heteroatoms. The third kappa shape index (κ3) is 2.94. The first kappa shape index (κ1) is 12.3. The lowest BCUT2D eigenvalue weighted by Crippen LogP contribution is -2.00. The van der Waals surface area contributed by atoms with Gasteiger partial charge in [0.15, 0.2) is 0 Å². The van der Waals surface area contributed by atoms with E-state index in [1.165, 1.54) is 0 Å². The van der Waals surface area contributed by atoms with Crippen molar-refractivity contribution in [2.75, 3.05) is 17.7 Å². The van der Waals surface area contributed by atoms with Crippen LogP contribution in [0.3, 0.4) is 0 Å². The van der Waals surface area contributed by atoms with Crippen LogP contribution in [0.15, 0.2) is 30.6 Å². The average molecular weight is 246 g/mol. The van der Waals surface area contributed by atoms with Crippen LogP contribution >= 0.6 is 0 Å². The van der Waals surface area contributed by atoms with Crippen LogP contribution in [0, 0.1) is 0 Å². The number of nitrogens with one attached hydrogen (secondary N) is 1. The van der Waals surface area contributed by atoms with E-state index in [9.17, 15) is 0 Å². The van der Waals surface area contributed by atoms with Crippen molar-refractivity contribution in [2.45, 2.75) is 13.3 Å². The van der Waals surface area contributed by atoms with Gasteiger partial charge in [0.25, 0.3) is 0 Å². The molecule has 0 amide bonds. The van der Waals surface area contributed by atoms with E-state index >= 15 is 0 Å². The Morgan fingerprint density at radius 3 is 2.89 bits per heavy atom. The number of benzene rings is 1. The quantitative estimate of drug-likeness (QED) is 0.796. The summed E-state index contributed by atoms with van der Waals surface area (Å²) in [6.07, 6.45) is 4.63. The number of nitrogens with zero attached hydrogens (tertiary/aromatic N) is 2. The Kier molecular flexibility index (Phi) is 3.72. The van der Waals surface area contributed by atoms with Crippen LogP contribution in [0.4, 0.5) is 17.1 Å². The Hall–Kier alpha value is -2.17. The van der Waals surface area contributed by atoms with Gasteiger partial charge >= 0.3 is 0 Å². The molecule has 2 aromatic rings. The topological polar surface area (TPSA) is 65.1 Å². The predicted octanol–water partition coefficient (Wildman–Crippen LogP) is 2.53. The highest BCUT2D eigenvalue weighted by atomic mass is 16.5. The minimum absolute atomic E-state index is 0.653. The summed E-state index contributed by atoms with van der Waals surface area (Å²) in [5.74, 6) is 0.714. The average Bonchev–Trinajstić information content (AvgIpc) is 2.75. The van der Waals surface area contributed by atoms with Crippen molar-refractivity contribution in [2.24, 2.45) is 7.05 Å². The predicted molar refractivity (Wildman–Crippen MR) is 73.1 cm³/mol. The summed E-state index contributed by atoms with van der Waals surface area (Å²) < 4.78 is 7.33. The Labute approximate surface area is 107 Å². The molecule has 1 heterocycles. The Morgan fingerprint density at radius 1 is 1.39 bits per heavy atom. The van der Waals surface area contributed by atoms with Crippen LogP contribution < -0.4 is 15.8 Å². The number of ether oxygens (including phenoxy) is 1. The smallest absolute Gasteiger partial charge is 0.144 e. The number of aryl methyl sites for hydroxylation is 1. The lowest BCUT2D eigenvalue weighted by atomic mass is 10.2. The van der Waals surface area contributed by atoms with Crippen molar-refractivity contribution in [1.29, 1.82) is 0 Å². The van der Waals surface area contributed by atoms with Crippen molar-refractivity contribution in [3.8, 4) is 5.75 Å². The lowest BCUT2D eigenvalue weighted by molar-refractivity contribution is 0.319. The van der Waals surface area contributed by atoms with Gasteiger partial charge in [0.2, 0.25) is 0 Å². The SMILES string of the molecule is CCCOc1cc(Nc2cnn(C)c2)ccc1N. The molecule has 5 nitrogen and oxygen atoms in total. The molecule has 0 spiro atoms. The highest BCUT2D eigenvalue weighted by Gasteiger charge is 2.03. The minimum Gasteiger partial charge on any atom is -0.491 e. The maximum absolute atomic E-state index is 5.86. The minimum atomic E-state index is 0.653. The van der Waals surface area contributed by atoms with Crippen LogP contribution in [0.2, 0.25) is 0 Å². The number of nitrogens with two attached hydrogens (primary N) is 1. The van der Waals surface area contributed by atoms with Gasteiger partial charge in [0, 0.05) is 25.0 Å². The molecule has 1 aromatic heterocycles. The third-order valence-electron chi connectivity index (χ3n) is 2.47. The molecule has 18 heavy (non-hydrogen) atoms. The maximum Gasteiger partial charge on any atom is 0.144 e.